The summed E-state index contributed by atoms with van der Waals surface area (Å²) < 4.78 is 0. The van der Waals surface area contributed by atoms with Gasteiger partial charge in [-0.1, -0.05) is 0 Å². The molecule has 0 aromatic carbocycles. The van der Waals surface area contributed by atoms with Crippen LogP contribution in [0.25, 0.3) is 10.9 Å². The lowest BCUT2D eigenvalue weighted by atomic mass is 10.0. The Balaban J connectivity index is 2.07. The monoisotopic (exact) mass is 227 g/mol. The molecule has 0 saturated carbocycles. The Morgan fingerprint density at radius 3 is 3.18 bits per heavy atom. The molecule has 0 fully saturated rings. The van der Waals surface area contributed by atoms with Gasteiger partial charge in [-0.25, -0.2) is 0 Å². The Hall–Kier alpha value is -1.97. The van der Waals surface area contributed by atoms with Crippen molar-refractivity contribution in [2.75, 3.05) is 6.54 Å². The molecule has 1 amide bonds. The molecule has 0 bridgehead atoms. The molecule has 3 rings (SSSR count). The number of nitrogens with zero attached hydrogens (tertiary/aromatic N) is 3. The van der Waals surface area contributed by atoms with Crippen LogP contribution in [-0.4, -0.2) is 27.3 Å². The van der Waals surface area contributed by atoms with Gasteiger partial charge in [0.1, 0.15) is 0 Å². The maximum absolute atomic E-state index is 11.4. The van der Waals surface area contributed by atoms with E-state index in [1.54, 1.807) is 13.1 Å². The number of carbonyl (C=O) groups excluding carboxylic acids is 1. The highest BCUT2D eigenvalue weighted by atomic mass is 16.2. The first kappa shape index (κ1) is 10.2. The van der Waals surface area contributed by atoms with Gasteiger partial charge < -0.3 is 4.90 Å². The topological polar surface area (TPSA) is 46.1 Å². The number of fused-ring (bicyclic) bond motifs is 2. The van der Waals surface area contributed by atoms with Crippen molar-refractivity contribution in [2.45, 2.75) is 19.9 Å². The molecule has 17 heavy (non-hydrogen) atoms. The number of rotatable bonds is 0. The Bertz CT molecular complexity index is 594. The molecule has 1 aliphatic heterocycles. The molecule has 4 heteroatoms. The number of hydrogen-bond acceptors (Lipinski definition) is 3. The largest absolute Gasteiger partial charge is 0.338 e. The Labute approximate surface area is 99.3 Å². The second kappa shape index (κ2) is 3.80. The average Bonchev–Trinajstić information content (AvgIpc) is 2.35. The zero-order valence-electron chi connectivity index (χ0n) is 9.68. The second-order valence-corrected chi connectivity index (χ2v) is 4.35. The van der Waals surface area contributed by atoms with Crippen molar-refractivity contribution >= 4 is 16.8 Å². The number of carbonyl (C=O) groups is 1. The molecule has 2 aromatic heterocycles. The van der Waals surface area contributed by atoms with Crippen molar-refractivity contribution in [1.82, 2.24) is 14.9 Å². The van der Waals surface area contributed by atoms with Gasteiger partial charge in [0, 0.05) is 49.9 Å². The van der Waals surface area contributed by atoms with E-state index in [1.165, 1.54) is 0 Å². The minimum atomic E-state index is 0.127. The van der Waals surface area contributed by atoms with Crippen molar-refractivity contribution in [2.24, 2.45) is 0 Å². The van der Waals surface area contributed by atoms with Gasteiger partial charge in [0.2, 0.25) is 5.91 Å². The van der Waals surface area contributed by atoms with E-state index in [9.17, 15) is 4.79 Å². The molecule has 0 spiro atoms. The fourth-order valence-electron chi connectivity index (χ4n) is 2.25. The third-order valence-corrected chi connectivity index (χ3v) is 3.21. The quantitative estimate of drug-likeness (QED) is 0.685. The standard InChI is InChI=1S/C13H13N3O/c1-9(17)16-5-3-13-11(8-16)6-10-7-14-4-2-12(10)15-13/h2,4,6-7H,3,5,8H2,1H3. The average molecular weight is 227 g/mol. The lowest BCUT2D eigenvalue weighted by molar-refractivity contribution is -0.129. The van der Waals surface area contributed by atoms with Gasteiger partial charge in [0.25, 0.3) is 0 Å². The number of hydrogen-bond donors (Lipinski definition) is 0. The summed E-state index contributed by atoms with van der Waals surface area (Å²) in [5.41, 5.74) is 3.24. The van der Waals surface area contributed by atoms with E-state index in [4.69, 9.17) is 0 Å². The zero-order valence-corrected chi connectivity index (χ0v) is 9.68. The summed E-state index contributed by atoms with van der Waals surface area (Å²) in [6.07, 6.45) is 4.41. The molecule has 3 heterocycles. The molecule has 4 nitrogen and oxygen atoms in total. The first-order valence-corrected chi connectivity index (χ1v) is 5.72. The van der Waals surface area contributed by atoms with E-state index in [0.717, 1.165) is 35.1 Å². The highest BCUT2D eigenvalue weighted by Crippen LogP contribution is 2.21. The summed E-state index contributed by atoms with van der Waals surface area (Å²) in [6, 6.07) is 4.02. The minimum absolute atomic E-state index is 0.127. The van der Waals surface area contributed by atoms with Gasteiger partial charge in [-0.3, -0.25) is 14.8 Å². The number of aromatic nitrogens is 2. The van der Waals surface area contributed by atoms with Crippen molar-refractivity contribution in [3.63, 3.8) is 0 Å². The molecule has 0 unspecified atom stereocenters. The summed E-state index contributed by atoms with van der Waals surface area (Å²) in [6.45, 7) is 3.05. The van der Waals surface area contributed by atoms with Crippen molar-refractivity contribution in [1.29, 1.82) is 0 Å². The van der Waals surface area contributed by atoms with Crippen LogP contribution in [-0.2, 0) is 17.8 Å². The molecule has 0 saturated heterocycles. The van der Waals surface area contributed by atoms with Crippen molar-refractivity contribution in [3.05, 3.63) is 35.8 Å². The van der Waals surface area contributed by atoms with Crippen molar-refractivity contribution in [3.8, 4) is 0 Å². The molecule has 0 atom stereocenters. The van der Waals surface area contributed by atoms with Crippen LogP contribution < -0.4 is 0 Å². The van der Waals surface area contributed by atoms with Gasteiger partial charge >= 0.3 is 0 Å². The van der Waals surface area contributed by atoms with Gasteiger partial charge in [0.15, 0.2) is 0 Å². The third-order valence-electron chi connectivity index (χ3n) is 3.21. The van der Waals surface area contributed by atoms with Gasteiger partial charge in [-0.2, -0.15) is 0 Å². The summed E-state index contributed by atoms with van der Waals surface area (Å²) in [4.78, 5) is 21.9. The second-order valence-electron chi connectivity index (χ2n) is 4.35. The van der Waals surface area contributed by atoms with Crippen LogP contribution in [0.2, 0.25) is 0 Å². The SMILES string of the molecule is CC(=O)N1CCc2nc3ccncc3cc2C1. The first-order chi connectivity index (χ1) is 8.24. The predicted octanol–water partition coefficient (Wildman–Crippen LogP) is 1.53. The number of amides is 1. The third kappa shape index (κ3) is 1.75. The molecule has 86 valence electrons. The lowest BCUT2D eigenvalue weighted by Gasteiger charge is -2.27. The van der Waals surface area contributed by atoms with Crippen LogP contribution in [0, 0.1) is 0 Å². The molecule has 2 aromatic rings. The van der Waals surface area contributed by atoms with Gasteiger partial charge in [-0.05, 0) is 17.7 Å². The smallest absolute Gasteiger partial charge is 0.219 e. The van der Waals surface area contributed by atoms with E-state index in [1.807, 2.05) is 17.2 Å². The molecular formula is C13H13N3O. The summed E-state index contributed by atoms with van der Waals surface area (Å²) in [7, 11) is 0. The van der Waals surface area contributed by atoms with Crippen LogP contribution in [0.15, 0.2) is 24.5 Å². The molecule has 0 radical (unpaired) electrons. The Kier molecular flexibility index (Phi) is 2.28. The number of pyridine rings is 2. The van der Waals surface area contributed by atoms with Crippen LogP contribution in [0.1, 0.15) is 18.2 Å². The van der Waals surface area contributed by atoms with E-state index >= 15 is 0 Å². The van der Waals surface area contributed by atoms with Crippen LogP contribution in [0.4, 0.5) is 0 Å². The summed E-state index contributed by atoms with van der Waals surface area (Å²) in [5, 5.41) is 1.04. The lowest BCUT2D eigenvalue weighted by Crippen LogP contribution is -2.34. The maximum atomic E-state index is 11.4. The summed E-state index contributed by atoms with van der Waals surface area (Å²) >= 11 is 0. The van der Waals surface area contributed by atoms with Crippen LogP contribution in [0.3, 0.4) is 0 Å². The van der Waals surface area contributed by atoms with E-state index in [2.05, 4.69) is 16.0 Å². The minimum Gasteiger partial charge on any atom is -0.338 e. The van der Waals surface area contributed by atoms with Gasteiger partial charge in [-0.15, -0.1) is 0 Å². The van der Waals surface area contributed by atoms with E-state index < -0.39 is 0 Å². The summed E-state index contributed by atoms with van der Waals surface area (Å²) in [5.74, 6) is 0.127. The predicted molar refractivity (Wildman–Crippen MR) is 64.3 cm³/mol. The first-order valence-electron chi connectivity index (χ1n) is 5.72. The van der Waals surface area contributed by atoms with E-state index in [0.29, 0.717) is 6.54 Å². The Morgan fingerprint density at radius 1 is 1.47 bits per heavy atom. The van der Waals surface area contributed by atoms with Crippen LogP contribution in [0.5, 0.6) is 0 Å². The van der Waals surface area contributed by atoms with Crippen LogP contribution >= 0.6 is 0 Å². The Morgan fingerprint density at radius 2 is 2.35 bits per heavy atom. The highest BCUT2D eigenvalue weighted by Gasteiger charge is 2.19. The zero-order chi connectivity index (χ0) is 11.8. The fourth-order valence-corrected chi connectivity index (χ4v) is 2.25. The molecular weight excluding hydrogens is 214 g/mol. The van der Waals surface area contributed by atoms with E-state index in [-0.39, 0.29) is 5.91 Å². The fraction of sp³-hybridized carbons (Fsp3) is 0.308. The molecule has 0 N–H and O–H groups in total. The highest BCUT2D eigenvalue weighted by molar-refractivity contribution is 5.79. The normalized spacial score (nSPS) is 14.8. The van der Waals surface area contributed by atoms with Gasteiger partial charge in [0.05, 0.1) is 5.52 Å². The molecule has 1 aliphatic rings. The van der Waals surface area contributed by atoms with Crippen molar-refractivity contribution < 1.29 is 4.79 Å². The maximum Gasteiger partial charge on any atom is 0.219 e. The molecule has 0 aliphatic carbocycles.